The van der Waals surface area contributed by atoms with Gasteiger partial charge < -0.3 is 10.1 Å². The van der Waals surface area contributed by atoms with Crippen molar-refractivity contribution in [1.29, 1.82) is 0 Å². The third-order valence-corrected chi connectivity index (χ3v) is 3.49. The van der Waals surface area contributed by atoms with Crippen molar-refractivity contribution in [3.05, 3.63) is 77.6 Å². The molecule has 0 aliphatic heterocycles. The van der Waals surface area contributed by atoms with Gasteiger partial charge in [-0.15, -0.1) is 0 Å². The number of amides is 1. The summed E-state index contributed by atoms with van der Waals surface area (Å²) in [4.78, 5) is 20.4. The Morgan fingerprint density at radius 3 is 2.38 bits per heavy atom. The van der Waals surface area contributed by atoms with Gasteiger partial charge in [0.2, 0.25) is 0 Å². The fraction of sp³-hybridized carbons (Fsp3) is 0.105. The van der Waals surface area contributed by atoms with Gasteiger partial charge in [-0.1, -0.05) is 17.7 Å². The number of carbonyl (C=O) groups is 1. The van der Waals surface area contributed by atoms with Gasteiger partial charge in [0.1, 0.15) is 5.75 Å². The lowest BCUT2D eigenvalue weighted by atomic mass is 10.1. The first kappa shape index (κ1) is 15.7. The van der Waals surface area contributed by atoms with Crippen molar-refractivity contribution >= 4 is 11.6 Å². The van der Waals surface area contributed by atoms with Crippen molar-refractivity contribution < 1.29 is 9.53 Å². The lowest BCUT2D eigenvalue weighted by Crippen LogP contribution is -2.13. The number of aryl methyl sites for hydroxylation is 2. The number of carbonyl (C=O) groups excluding carboxylic acids is 1. The Bertz CT molecular complexity index is 846. The summed E-state index contributed by atoms with van der Waals surface area (Å²) < 4.78 is 5.52. The van der Waals surface area contributed by atoms with Crippen molar-refractivity contribution in [2.24, 2.45) is 0 Å². The minimum absolute atomic E-state index is 0.132. The van der Waals surface area contributed by atoms with Gasteiger partial charge >= 0.3 is 6.01 Å². The SMILES string of the molecule is Cc1ccc(C(=O)Nc2ccc(Oc3ncccn3)cc2)c(C)c1. The molecule has 0 aliphatic carbocycles. The summed E-state index contributed by atoms with van der Waals surface area (Å²) in [5, 5.41) is 2.88. The molecule has 0 spiro atoms. The van der Waals surface area contributed by atoms with Crippen LogP contribution in [0.3, 0.4) is 0 Å². The van der Waals surface area contributed by atoms with Crippen molar-refractivity contribution in [3.63, 3.8) is 0 Å². The summed E-state index contributed by atoms with van der Waals surface area (Å²) in [6, 6.07) is 14.8. The van der Waals surface area contributed by atoms with Crippen molar-refractivity contribution in [1.82, 2.24) is 9.97 Å². The summed E-state index contributed by atoms with van der Waals surface area (Å²) >= 11 is 0. The molecule has 2 aromatic carbocycles. The third-order valence-electron chi connectivity index (χ3n) is 3.49. The molecule has 1 amide bonds. The highest BCUT2D eigenvalue weighted by Crippen LogP contribution is 2.20. The maximum absolute atomic E-state index is 12.4. The number of hydrogen-bond acceptors (Lipinski definition) is 4. The van der Waals surface area contributed by atoms with E-state index in [0.29, 0.717) is 17.0 Å². The van der Waals surface area contributed by atoms with E-state index in [9.17, 15) is 4.79 Å². The molecule has 120 valence electrons. The lowest BCUT2D eigenvalue weighted by Gasteiger charge is -2.09. The zero-order valence-electron chi connectivity index (χ0n) is 13.5. The van der Waals surface area contributed by atoms with Gasteiger partial charge in [-0.25, -0.2) is 9.97 Å². The molecule has 0 radical (unpaired) electrons. The highest BCUT2D eigenvalue weighted by molar-refractivity contribution is 6.05. The molecular weight excluding hydrogens is 302 g/mol. The summed E-state index contributed by atoms with van der Waals surface area (Å²) in [7, 11) is 0. The van der Waals surface area contributed by atoms with Gasteiger partial charge in [0, 0.05) is 23.6 Å². The first-order valence-electron chi connectivity index (χ1n) is 7.55. The topological polar surface area (TPSA) is 64.1 Å². The summed E-state index contributed by atoms with van der Waals surface area (Å²) in [6.45, 7) is 3.93. The molecule has 1 N–H and O–H groups in total. The van der Waals surface area contributed by atoms with Crippen LogP contribution < -0.4 is 10.1 Å². The van der Waals surface area contributed by atoms with E-state index in [1.807, 2.05) is 32.0 Å². The first-order chi connectivity index (χ1) is 11.6. The second-order valence-corrected chi connectivity index (χ2v) is 5.43. The predicted molar refractivity (Wildman–Crippen MR) is 92.4 cm³/mol. The van der Waals surface area contributed by atoms with Gasteiger partial charge in [-0.3, -0.25) is 4.79 Å². The van der Waals surface area contributed by atoms with Gasteiger partial charge in [0.15, 0.2) is 0 Å². The number of aromatic nitrogens is 2. The summed E-state index contributed by atoms with van der Waals surface area (Å²) in [5.74, 6) is 0.471. The monoisotopic (exact) mass is 319 g/mol. The fourth-order valence-corrected chi connectivity index (χ4v) is 2.32. The number of benzene rings is 2. The van der Waals surface area contributed by atoms with E-state index in [0.717, 1.165) is 11.1 Å². The van der Waals surface area contributed by atoms with Crippen molar-refractivity contribution in [2.75, 3.05) is 5.32 Å². The number of hydrogen-bond donors (Lipinski definition) is 1. The second-order valence-electron chi connectivity index (χ2n) is 5.43. The molecule has 5 heteroatoms. The third kappa shape index (κ3) is 3.76. The molecule has 3 aromatic rings. The quantitative estimate of drug-likeness (QED) is 0.785. The van der Waals surface area contributed by atoms with Gasteiger partial charge in [0.25, 0.3) is 5.91 Å². The highest BCUT2D eigenvalue weighted by Gasteiger charge is 2.09. The minimum atomic E-state index is -0.132. The van der Waals surface area contributed by atoms with Crippen LogP contribution in [0.2, 0.25) is 0 Å². The molecule has 0 atom stereocenters. The molecular formula is C19H17N3O2. The normalized spacial score (nSPS) is 10.2. The van der Waals surface area contributed by atoms with Crippen LogP contribution in [0.5, 0.6) is 11.8 Å². The van der Waals surface area contributed by atoms with Crippen LogP contribution in [0, 0.1) is 13.8 Å². The van der Waals surface area contributed by atoms with Crippen LogP contribution >= 0.6 is 0 Å². The van der Waals surface area contributed by atoms with E-state index < -0.39 is 0 Å². The molecule has 0 unspecified atom stereocenters. The lowest BCUT2D eigenvalue weighted by molar-refractivity contribution is 0.102. The van der Waals surface area contributed by atoms with E-state index >= 15 is 0 Å². The fourth-order valence-electron chi connectivity index (χ4n) is 2.32. The van der Waals surface area contributed by atoms with E-state index in [1.165, 1.54) is 0 Å². The van der Waals surface area contributed by atoms with Crippen LogP contribution in [0.25, 0.3) is 0 Å². The molecule has 0 saturated carbocycles. The van der Waals surface area contributed by atoms with Gasteiger partial charge in [-0.2, -0.15) is 0 Å². The Kier molecular flexibility index (Phi) is 4.52. The highest BCUT2D eigenvalue weighted by atomic mass is 16.5. The predicted octanol–water partition coefficient (Wildman–Crippen LogP) is 4.14. The average Bonchev–Trinajstić information content (AvgIpc) is 2.57. The summed E-state index contributed by atoms with van der Waals surface area (Å²) in [5.41, 5.74) is 3.45. The Hall–Kier alpha value is -3.21. The first-order valence-corrected chi connectivity index (χ1v) is 7.55. The molecule has 24 heavy (non-hydrogen) atoms. The van der Waals surface area contributed by atoms with Crippen LogP contribution in [0.15, 0.2) is 60.9 Å². The van der Waals surface area contributed by atoms with E-state index in [1.54, 1.807) is 42.7 Å². The average molecular weight is 319 g/mol. The Morgan fingerprint density at radius 2 is 1.71 bits per heavy atom. The Morgan fingerprint density at radius 1 is 1.00 bits per heavy atom. The van der Waals surface area contributed by atoms with E-state index in [2.05, 4.69) is 15.3 Å². The molecule has 5 nitrogen and oxygen atoms in total. The van der Waals surface area contributed by atoms with Crippen LogP contribution in [0.4, 0.5) is 5.69 Å². The number of anilines is 1. The van der Waals surface area contributed by atoms with E-state index in [-0.39, 0.29) is 11.9 Å². The smallest absolute Gasteiger partial charge is 0.321 e. The van der Waals surface area contributed by atoms with Crippen LogP contribution in [-0.4, -0.2) is 15.9 Å². The number of ether oxygens (including phenoxy) is 1. The second kappa shape index (κ2) is 6.91. The van der Waals surface area contributed by atoms with Crippen molar-refractivity contribution in [3.8, 4) is 11.8 Å². The number of nitrogens with zero attached hydrogens (tertiary/aromatic N) is 2. The molecule has 0 bridgehead atoms. The van der Waals surface area contributed by atoms with Gasteiger partial charge in [-0.05, 0) is 55.8 Å². The Balaban J connectivity index is 1.68. The standard InChI is InChI=1S/C19H17N3O2/c1-13-4-9-17(14(2)12-13)18(23)22-15-5-7-16(8-6-15)24-19-20-10-3-11-21-19/h3-12H,1-2H3,(H,22,23). The number of nitrogens with one attached hydrogen (secondary N) is 1. The maximum atomic E-state index is 12.4. The molecule has 3 rings (SSSR count). The zero-order chi connectivity index (χ0) is 16.9. The summed E-state index contributed by atoms with van der Waals surface area (Å²) in [6.07, 6.45) is 3.22. The number of rotatable bonds is 4. The molecule has 0 fully saturated rings. The van der Waals surface area contributed by atoms with Gasteiger partial charge in [0.05, 0.1) is 0 Å². The largest absolute Gasteiger partial charge is 0.424 e. The van der Waals surface area contributed by atoms with Crippen LogP contribution in [0.1, 0.15) is 21.5 Å². The van der Waals surface area contributed by atoms with Crippen LogP contribution in [-0.2, 0) is 0 Å². The molecule has 1 heterocycles. The molecule has 0 aliphatic rings. The maximum Gasteiger partial charge on any atom is 0.321 e. The zero-order valence-corrected chi connectivity index (χ0v) is 13.5. The minimum Gasteiger partial charge on any atom is -0.424 e. The van der Waals surface area contributed by atoms with E-state index in [4.69, 9.17) is 4.74 Å². The molecule has 1 aromatic heterocycles. The van der Waals surface area contributed by atoms with Crippen molar-refractivity contribution in [2.45, 2.75) is 13.8 Å². The Labute approximate surface area is 140 Å². The molecule has 0 saturated heterocycles.